The number of alkyl halides is 3. The summed E-state index contributed by atoms with van der Waals surface area (Å²) in [5.74, 6) is 0.357. The van der Waals surface area contributed by atoms with Crippen LogP contribution in [0, 0.1) is 6.92 Å². The Bertz CT molecular complexity index is 1840. The number of hydrogen-bond donors (Lipinski definition) is 2. The van der Waals surface area contributed by atoms with Gasteiger partial charge in [-0.05, 0) is 42.8 Å². The van der Waals surface area contributed by atoms with E-state index in [1.807, 2.05) is 6.92 Å². The number of aromatic nitrogens is 7. The van der Waals surface area contributed by atoms with E-state index in [1.165, 1.54) is 29.5 Å². The van der Waals surface area contributed by atoms with Crippen LogP contribution in [0.4, 0.5) is 36.3 Å². The SMILES string of the molecule is COCCN1CCN(c2ncc3ncnc(Nc4cc(C(=O)Nc5cc(C(F)(F)F)ccc5-n5ccnn5)ccc4C)c3n2)CC1. The van der Waals surface area contributed by atoms with Gasteiger partial charge in [0.05, 0.1) is 42.1 Å². The fourth-order valence-corrected chi connectivity index (χ4v) is 5.05. The quantitative estimate of drug-likeness (QED) is 0.243. The van der Waals surface area contributed by atoms with Crippen molar-refractivity contribution in [3.63, 3.8) is 0 Å². The summed E-state index contributed by atoms with van der Waals surface area (Å²) < 4.78 is 47.0. The van der Waals surface area contributed by atoms with Gasteiger partial charge in [0.25, 0.3) is 5.91 Å². The van der Waals surface area contributed by atoms with Crippen molar-refractivity contribution in [1.29, 1.82) is 0 Å². The van der Waals surface area contributed by atoms with Crippen LogP contribution in [0.3, 0.4) is 0 Å². The van der Waals surface area contributed by atoms with Crippen LogP contribution in [-0.2, 0) is 10.9 Å². The Labute approximate surface area is 261 Å². The first-order chi connectivity index (χ1) is 22.2. The monoisotopic (exact) mass is 633 g/mol. The molecular weight excluding hydrogens is 603 g/mol. The van der Waals surface area contributed by atoms with E-state index >= 15 is 0 Å². The Morgan fingerprint density at radius 3 is 2.59 bits per heavy atom. The molecule has 1 fully saturated rings. The zero-order valence-electron chi connectivity index (χ0n) is 25.0. The number of halogens is 3. The number of nitrogens with zero attached hydrogens (tertiary/aromatic N) is 9. The first kappa shape index (κ1) is 30.8. The molecule has 6 rings (SSSR count). The molecule has 13 nitrogen and oxygen atoms in total. The number of methoxy groups -OCH3 is 1. The van der Waals surface area contributed by atoms with Crippen molar-refractivity contribution >= 4 is 40.1 Å². The second-order valence-corrected chi connectivity index (χ2v) is 10.6. The maximum Gasteiger partial charge on any atom is 0.416 e. The number of nitrogens with one attached hydrogen (secondary N) is 2. The van der Waals surface area contributed by atoms with E-state index in [0.29, 0.717) is 35.1 Å². The molecule has 0 saturated carbocycles. The predicted octanol–water partition coefficient (Wildman–Crippen LogP) is 4.09. The molecule has 46 heavy (non-hydrogen) atoms. The maximum absolute atomic E-state index is 13.5. The summed E-state index contributed by atoms with van der Waals surface area (Å²) in [6.07, 6.45) is 1.30. The van der Waals surface area contributed by atoms with Gasteiger partial charge in [0.2, 0.25) is 5.95 Å². The summed E-state index contributed by atoms with van der Waals surface area (Å²) in [6, 6.07) is 7.93. The molecule has 16 heteroatoms. The Balaban J connectivity index is 1.25. The molecular formula is C30H30F3N11O2. The van der Waals surface area contributed by atoms with E-state index in [0.717, 1.165) is 50.4 Å². The predicted molar refractivity (Wildman–Crippen MR) is 164 cm³/mol. The molecule has 3 aromatic heterocycles. The summed E-state index contributed by atoms with van der Waals surface area (Å²) in [5.41, 5.74) is 1.83. The molecule has 0 spiro atoms. The summed E-state index contributed by atoms with van der Waals surface area (Å²) in [4.78, 5) is 35.9. The molecule has 0 unspecified atom stereocenters. The number of hydrogen-bond acceptors (Lipinski definition) is 11. The first-order valence-electron chi connectivity index (χ1n) is 14.4. The molecule has 1 aliphatic heterocycles. The van der Waals surface area contributed by atoms with Crippen LogP contribution in [0.5, 0.6) is 0 Å². The highest BCUT2D eigenvalue weighted by molar-refractivity contribution is 6.06. The van der Waals surface area contributed by atoms with Crippen LogP contribution in [0.15, 0.2) is 61.3 Å². The Morgan fingerprint density at radius 2 is 1.85 bits per heavy atom. The molecule has 4 heterocycles. The van der Waals surface area contributed by atoms with Gasteiger partial charge in [-0.2, -0.15) is 13.2 Å². The minimum atomic E-state index is -4.61. The normalized spacial score (nSPS) is 14.1. The molecule has 0 atom stereocenters. The molecule has 2 aromatic carbocycles. The number of carbonyl (C=O) groups is 1. The van der Waals surface area contributed by atoms with Crippen molar-refractivity contribution < 1.29 is 22.7 Å². The van der Waals surface area contributed by atoms with Crippen molar-refractivity contribution in [3.05, 3.63) is 78.0 Å². The standard InChI is InChI=1S/C30H30F3N11O2/c1-19-3-4-20(28(45)39-23-16-21(30(31,32)33)5-6-25(23)44-8-7-37-41-44)15-22(19)38-27-26-24(35-18-36-27)17-34-29(40-26)43-11-9-42(10-12-43)13-14-46-2/h3-8,15-18H,9-14H2,1-2H3,(H,39,45)(H,35,36,38). The zero-order valence-corrected chi connectivity index (χ0v) is 25.0. The Kier molecular flexibility index (Phi) is 8.72. The number of benzene rings is 2. The molecule has 2 N–H and O–H groups in total. The fourth-order valence-electron chi connectivity index (χ4n) is 5.05. The van der Waals surface area contributed by atoms with Gasteiger partial charge in [-0.1, -0.05) is 11.3 Å². The van der Waals surface area contributed by atoms with Crippen LogP contribution in [0.1, 0.15) is 21.5 Å². The number of fused-ring (bicyclic) bond motifs is 1. The third kappa shape index (κ3) is 6.72. The minimum absolute atomic E-state index is 0.0778. The summed E-state index contributed by atoms with van der Waals surface area (Å²) in [5, 5.41) is 13.4. The molecule has 0 bridgehead atoms. The highest BCUT2D eigenvalue weighted by Crippen LogP contribution is 2.34. The molecule has 0 radical (unpaired) electrons. The number of anilines is 4. The van der Waals surface area contributed by atoms with E-state index in [2.05, 4.69) is 45.7 Å². The number of aryl methyl sites for hydroxylation is 1. The van der Waals surface area contributed by atoms with E-state index < -0.39 is 17.6 Å². The van der Waals surface area contributed by atoms with Crippen LogP contribution >= 0.6 is 0 Å². The lowest BCUT2D eigenvalue weighted by Gasteiger charge is -2.34. The lowest BCUT2D eigenvalue weighted by atomic mass is 10.1. The number of amides is 1. The van der Waals surface area contributed by atoms with Crippen molar-refractivity contribution in [2.75, 3.05) is 62.0 Å². The second kappa shape index (κ2) is 13.0. The number of carbonyl (C=O) groups excluding carboxylic acids is 1. The molecule has 238 valence electrons. The smallest absolute Gasteiger partial charge is 0.383 e. The van der Waals surface area contributed by atoms with Gasteiger partial charge in [0.1, 0.15) is 17.4 Å². The van der Waals surface area contributed by atoms with Crippen molar-refractivity contribution in [3.8, 4) is 5.69 Å². The van der Waals surface area contributed by atoms with Gasteiger partial charge in [-0.25, -0.2) is 24.6 Å². The van der Waals surface area contributed by atoms with Gasteiger partial charge in [0, 0.05) is 51.1 Å². The zero-order chi connectivity index (χ0) is 32.3. The molecule has 0 aliphatic carbocycles. The van der Waals surface area contributed by atoms with Gasteiger partial charge < -0.3 is 20.3 Å². The maximum atomic E-state index is 13.5. The van der Waals surface area contributed by atoms with Gasteiger partial charge in [-0.3, -0.25) is 9.69 Å². The van der Waals surface area contributed by atoms with E-state index in [1.54, 1.807) is 31.5 Å². The van der Waals surface area contributed by atoms with Gasteiger partial charge >= 0.3 is 6.18 Å². The molecule has 1 amide bonds. The lowest BCUT2D eigenvalue weighted by Crippen LogP contribution is -2.47. The fraction of sp³-hybridized carbons (Fsp3) is 0.300. The summed E-state index contributed by atoms with van der Waals surface area (Å²) in [6.45, 7) is 6.62. The van der Waals surface area contributed by atoms with Gasteiger partial charge in [-0.15, -0.1) is 5.10 Å². The second-order valence-electron chi connectivity index (χ2n) is 10.6. The Morgan fingerprint density at radius 1 is 1.02 bits per heavy atom. The summed E-state index contributed by atoms with van der Waals surface area (Å²) >= 11 is 0. The van der Waals surface area contributed by atoms with Crippen molar-refractivity contribution in [2.45, 2.75) is 13.1 Å². The van der Waals surface area contributed by atoms with E-state index in [4.69, 9.17) is 9.72 Å². The average molecular weight is 634 g/mol. The average Bonchev–Trinajstić information content (AvgIpc) is 3.59. The minimum Gasteiger partial charge on any atom is -0.383 e. The van der Waals surface area contributed by atoms with Crippen molar-refractivity contribution in [1.82, 2.24) is 39.8 Å². The third-order valence-electron chi connectivity index (χ3n) is 7.63. The molecule has 1 aliphatic rings. The highest BCUT2D eigenvalue weighted by Gasteiger charge is 2.31. The van der Waals surface area contributed by atoms with Crippen LogP contribution < -0.4 is 15.5 Å². The van der Waals surface area contributed by atoms with Gasteiger partial charge in [0.15, 0.2) is 5.82 Å². The number of rotatable bonds is 9. The lowest BCUT2D eigenvalue weighted by molar-refractivity contribution is -0.137. The van der Waals surface area contributed by atoms with E-state index in [-0.39, 0.29) is 16.9 Å². The number of piperazine rings is 1. The van der Waals surface area contributed by atoms with E-state index in [9.17, 15) is 18.0 Å². The Hall–Kier alpha value is -5.22. The van der Waals surface area contributed by atoms with Crippen LogP contribution in [0.25, 0.3) is 16.7 Å². The topological polar surface area (TPSA) is 139 Å². The third-order valence-corrected chi connectivity index (χ3v) is 7.63. The van der Waals surface area contributed by atoms with Crippen molar-refractivity contribution in [2.24, 2.45) is 0 Å². The van der Waals surface area contributed by atoms with Crippen LogP contribution in [-0.4, -0.2) is 92.2 Å². The molecule has 5 aromatic rings. The molecule has 1 saturated heterocycles. The highest BCUT2D eigenvalue weighted by atomic mass is 19.4. The van der Waals surface area contributed by atoms with Crippen LogP contribution in [0.2, 0.25) is 0 Å². The number of ether oxygens (including phenoxy) is 1. The summed E-state index contributed by atoms with van der Waals surface area (Å²) in [7, 11) is 1.69. The largest absolute Gasteiger partial charge is 0.416 e. The first-order valence-corrected chi connectivity index (χ1v) is 14.4.